The van der Waals surface area contributed by atoms with Crippen molar-refractivity contribution in [2.45, 2.75) is 44.3 Å². The third-order valence-corrected chi connectivity index (χ3v) is 2.93. The Bertz CT molecular complexity index is 410. The standard InChI is InChI=1S/C13H17F2NO/c1-9(2)17-11-6-4-3-5-10(11)12(16)7-13(14,15)8-12/h3-6,9H,7-8,16H2,1-2H3. The molecule has 1 aromatic carbocycles. The van der Waals surface area contributed by atoms with E-state index in [-0.39, 0.29) is 18.9 Å². The van der Waals surface area contributed by atoms with E-state index in [1.54, 1.807) is 18.2 Å². The van der Waals surface area contributed by atoms with Gasteiger partial charge >= 0.3 is 0 Å². The normalized spacial score (nSPS) is 21.1. The number of rotatable bonds is 3. The Balaban J connectivity index is 2.27. The van der Waals surface area contributed by atoms with Crippen molar-refractivity contribution in [3.8, 4) is 5.75 Å². The molecule has 2 rings (SSSR count). The van der Waals surface area contributed by atoms with E-state index in [0.717, 1.165) is 0 Å². The van der Waals surface area contributed by atoms with E-state index in [1.807, 2.05) is 19.9 Å². The predicted octanol–water partition coefficient (Wildman–Crippen LogP) is 3.06. The van der Waals surface area contributed by atoms with Crippen molar-refractivity contribution in [3.05, 3.63) is 29.8 Å². The number of nitrogens with two attached hydrogens (primary N) is 1. The van der Waals surface area contributed by atoms with E-state index in [2.05, 4.69) is 0 Å². The lowest BCUT2D eigenvalue weighted by Crippen LogP contribution is -2.55. The van der Waals surface area contributed by atoms with Crippen LogP contribution in [0.5, 0.6) is 5.75 Å². The number of benzene rings is 1. The Morgan fingerprint density at radius 2 is 1.82 bits per heavy atom. The molecule has 2 nitrogen and oxygen atoms in total. The van der Waals surface area contributed by atoms with Crippen molar-refractivity contribution in [1.82, 2.24) is 0 Å². The van der Waals surface area contributed by atoms with E-state index in [9.17, 15) is 8.78 Å². The third kappa shape index (κ3) is 2.41. The zero-order valence-corrected chi connectivity index (χ0v) is 10.0. The number of alkyl halides is 2. The summed E-state index contributed by atoms with van der Waals surface area (Å²) in [5.41, 5.74) is 5.75. The average Bonchev–Trinajstić information content (AvgIpc) is 2.14. The molecule has 17 heavy (non-hydrogen) atoms. The highest BCUT2D eigenvalue weighted by Gasteiger charge is 2.56. The molecule has 0 unspecified atom stereocenters. The smallest absolute Gasteiger partial charge is 0.252 e. The first-order valence-corrected chi connectivity index (χ1v) is 5.75. The molecule has 1 saturated carbocycles. The summed E-state index contributed by atoms with van der Waals surface area (Å²) < 4.78 is 31.6. The monoisotopic (exact) mass is 241 g/mol. The predicted molar refractivity (Wildman–Crippen MR) is 62.3 cm³/mol. The van der Waals surface area contributed by atoms with Gasteiger partial charge in [0, 0.05) is 18.4 Å². The van der Waals surface area contributed by atoms with Crippen molar-refractivity contribution < 1.29 is 13.5 Å². The molecular weight excluding hydrogens is 224 g/mol. The zero-order chi connectivity index (χ0) is 12.7. The molecule has 0 atom stereocenters. The van der Waals surface area contributed by atoms with Crippen molar-refractivity contribution in [2.75, 3.05) is 0 Å². The summed E-state index contributed by atoms with van der Waals surface area (Å²) in [4.78, 5) is 0. The first-order chi connectivity index (χ1) is 7.82. The summed E-state index contributed by atoms with van der Waals surface area (Å²) in [5.74, 6) is -2.03. The van der Waals surface area contributed by atoms with Gasteiger partial charge in [-0.05, 0) is 19.9 Å². The van der Waals surface area contributed by atoms with Gasteiger partial charge in [0.25, 0.3) is 5.92 Å². The molecule has 2 N–H and O–H groups in total. The number of hydrogen-bond donors (Lipinski definition) is 1. The highest BCUT2D eigenvalue weighted by molar-refractivity contribution is 5.41. The molecule has 4 heteroatoms. The SMILES string of the molecule is CC(C)Oc1ccccc1C1(N)CC(F)(F)C1. The van der Waals surface area contributed by atoms with Crippen LogP contribution < -0.4 is 10.5 Å². The number of hydrogen-bond acceptors (Lipinski definition) is 2. The van der Waals surface area contributed by atoms with Gasteiger partial charge in [-0.25, -0.2) is 8.78 Å². The van der Waals surface area contributed by atoms with Crippen molar-refractivity contribution in [2.24, 2.45) is 5.73 Å². The van der Waals surface area contributed by atoms with E-state index in [1.165, 1.54) is 0 Å². The quantitative estimate of drug-likeness (QED) is 0.882. The molecular formula is C13H17F2NO. The third-order valence-electron chi connectivity index (χ3n) is 2.93. The van der Waals surface area contributed by atoms with Gasteiger partial charge in [0.15, 0.2) is 0 Å². The fraction of sp³-hybridized carbons (Fsp3) is 0.538. The largest absolute Gasteiger partial charge is 0.491 e. The van der Waals surface area contributed by atoms with Gasteiger partial charge in [0.1, 0.15) is 5.75 Å². The molecule has 0 heterocycles. The number of para-hydroxylation sites is 1. The van der Waals surface area contributed by atoms with Gasteiger partial charge in [0.2, 0.25) is 0 Å². The lowest BCUT2D eigenvalue weighted by molar-refractivity contribution is -0.125. The van der Waals surface area contributed by atoms with Crippen LogP contribution in [-0.4, -0.2) is 12.0 Å². The highest BCUT2D eigenvalue weighted by atomic mass is 19.3. The Labute approximate surface area is 99.8 Å². The first-order valence-electron chi connectivity index (χ1n) is 5.75. The second-order valence-corrected chi connectivity index (χ2v) is 5.03. The van der Waals surface area contributed by atoms with Crippen LogP contribution in [-0.2, 0) is 5.54 Å². The zero-order valence-electron chi connectivity index (χ0n) is 10.0. The molecule has 1 fully saturated rings. The van der Waals surface area contributed by atoms with Gasteiger partial charge < -0.3 is 10.5 Å². The molecule has 0 aromatic heterocycles. The fourth-order valence-electron chi connectivity index (χ4n) is 2.30. The number of ether oxygens (including phenoxy) is 1. The average molecular weight is 241 g/mol. The van der Waals surface area contributed by atoms with Crippen molar-refractivity contribution in [1.29, 1.82) is 0 Å². The van der Waals surface area contributed by atoms with Crippen LogP contribution in [0.2, 0.25) is 0 Å². The molecule has 1 aromatic rings. The molecule has 94 valence electrons. The fourth-order valence-corrected chi connectivity index (χ4v) is 2.30. The summed E-state index contributed by atoms with van der Waals surface area (Å²) in [7, 11) is 0. The Morgan fingerprint density at radius 3 is 2.35 bits per heavy atom. The van der Waals surface area contributed by atoms with E-state index < -0.39 is 11.5 Å². The summed E-state index contributed by atoms with van der Waals surface area (Å²) in [6.07, 6.45) is -0.614. The highest BCUT2D eigenvalue weighted by Crippen LogP contribution is 2.51. The topological polar surface area (TPSA) is 35.2 Å². The first kappa shape index (κ1) is 12.3. The Kier molecular flexibility index (Phi) is 2.86. The van der Waals surface area contributed by atoms with Gasteiger partial charge in [-0.3, -0.25) is 0 Å². The second kappa shape index (κ2) is 3.95. The maximum atomic E-state index is 13.0. The molecule has 0 aliphatic heterocycles. The summed E-state index contributed by atoms with van der Waals surface area (Å²) >= 11 is 0. The molecule has 0 radical (unpaired) electrons. The van der Waals surface area contributed by atoms with Crippen molar-refractivity contribution in [3.63, 3.8) is 0 Å². The lowest BCUT2D eigenvalue weighted by atomic mass is 9.69. The molecule has 0 spiro atoms. The van der Waals surface area contributed by atoms with Crippen LogP contribution in [0.25, 0.3) is 0 Å². The lowest BCUT2D eigenvalue weighted by Gasteiger charge is -2.45. The number of halogens is 2. The minimum Gasteiger partial charge on any atom is -0.491 e. The van der Waals surface area contributed by atoms with Gasteiger partial charge in [-0.2, -0.15) is 0 Å². The molecule has 0 saturated heterocycles. The van der Waals surface area contributed by atoms with Crippen LogP contribution in [0.1, 0.15) is 32.3 Å². The van der Waals surface area contributed by atoms with E-state index in [0.29, 0.717) is 11.3 Å². The van der Waals surface area contributed by atoms with E-state index in [4.69, 9.17) is 10.5 Å². The van der Waals surface area contributed by atoms with E-state index >= 15 is 0 Å². The maximum absolute atomic E-state index is 13.0. The van der Waals surface area contributed by atoms with Crippen LogP contribution in [0.4, 0.5) is 8.78 Å². The second-order valence-electron chi connectivity index (χ2n) is 5.03. The Morgan fingerprint density at radius 1 is 1.24 bits per heavy atom. The minimum absolute atomic E-state index is 0.000312. The van der Waals surface area contributed by atoms with Gasteiger partial charge in [-0.1, -0.05) is 18.2 Å². The summed E-state index contributed by atoms with van der Waals surface area (Å²) in [6.45, 7) is 3.80. The summed E-state index contributed by atoms with van der Waals surface area (Å²) in [6, 6.07) is 7.17. The Hall–Kier alpha value is -1.16. The van der Waals surface area contributed by atoms with Gasteiger partial charge in [-0.15, -0.1) is 0 Å². The van der Waals surface area contributed by atoms with Crippen LogP contribution in [0, 0.1) is 0 Å². The van der Waals surface area contributed by atoms with Gasteiger partial charge in [0.05, 0.1) is 11.6 Å². The minimum atomic E-state index is -2.64. The van der Waals surface area contributed by atoms with Crippen molar-refractivity contribution >= 4 is 0 Å². The molecule has 1 aliphatic rings. The van der Waals surface area contributed by atoms with Crippen LogP contribution >= 0.6 is 0 Å². The van der Waals surface area contributed by atoms with Crippen LogP contribution in [0.15, 0.2) is 24.3 Å². The molecule has 1 aliphatic carbocycles. The maximum Gasteiger partial charge on any atom is 0.252 e. The molecule has 0 bridgehead atoms. The van der Waals surface area contributed by atoms with Crippen LogP contribution in [0.3, 0.4) is 0 Å². The molecule has 0 amide bonds. The summed E-state index contributed by atoms with van der Waals surface area (Å²) in [5, 5.41) is 0.